The Kier molecular flexibility index (Phi) is 8.92. The van der Waals surface area contributed by atoms with Crippen molar-refractivity contribution in [3.63, 3.8) is 0 Å². The summed E-state index contributed by atoms with van der Waals surface area (Å²) < 4.78 is 61.4. The average molecular weight is 450 g/mol. The zero-order valence-electron chi connectivity index (χ0n) is 17.3. The minimum atomic E-state index is -5.25. The second kappa shape index (κ2) is 11.0. The Balaban J connectivity index is 1.68. The molecular formula is C19H30F3N5O2S. The minimum Gasteiger partial charge on any atom is -0.356 e. The molecule has 1 fully saturated rings. The van der Waals surface area contributed by atoms with Gasteiger partial charge in [-0.05, 0) is 38.4 Å². The van der Waals surface area contributed by atoms with Crippen molar-refractivity contribution in [2.24, 2.45) is 4.99 Å². The Bertz CT molecular complexity index is 779. The number of alkyl halides is 3. The molecule has 0 aliphatic carbocycles. The molecule has 1 aromatic carbocycles. The number of nitrogens with one attached hydrogen (secondary N) is 2. The van der Waals surface area contributed by atoms with Crippen molar-refractivity contribution < 1.29 is 21.6 Å². The molecule has 30 heavy (non-hydrogen) atoms. The first kappa shape index (κ1) is 24.4. The van der Waals surface area contributed by atoms with E-state index in [0.29, 0.717) is 16.8 Å². The number of piperidine rings is 1. The van der Waals surface area contributed by atoms with E-state index in [0.717, 1.165) is 19.5 Å². The maximum Gasteiger partial charge on any atom is 0.511 e. The van der Waals surface area contributed by atoms with Gasteiger partial charge in [0.05, 0.1) is 0 Å². The maximum atomic E-state index is 12.7. The van der Waals surface area contributed by atoms with Gasteiger partial charge in [0.2, 0.25) is 0 Å². The van der Waals surface area contributed by atoms with Gasteiger partial charge in [-0.3, -0.25) is 4.99 Å². The van der Waals surface area contributed by atoms with E-state index in [1.54, 1.807) is 7.05 Å². The summed E-state index contributed by atoms with van der Waals surface area (Å²) in [6.07, 6.45) is 1.47. The molecule has 0 amide bonds. The van der Waals surface area contributed by atoms with E-state index in [4.69, 9.17) is 0 Å². The van der Waals surface area contributed by atoms with Crippen LogP contribution >= 0.6 is 0 Å². The third-order valence-electron chi connectivity index (χ3n) is 4.96. The summed E-state index contributed by atoms with van der Waals surface area (Å²) in [5.74, 6) is 0.567. The van der Waals surface area contributed by atoms with Crippen molar-refractivity contribution in [1.82, 2.24) is 19.8 Å². The molecule has 0 aromatic heterocycles. The number of rotatable bonds is 8. The van der Waals surface area contributed by atoms with E-state index < -0.39 is 15.5 Å². The number of hydrogen-bond acceptors (Lipinski definition) is 4. The molecule has 0 unspecified atom stereocenters. The van der Waals surface area contributed by atoms with E-state index in [2.05, 4.69) is 39.7 Å². The molecule has 2 N–H and O–H groups in total. The van der Waals surface area contributed by atoms with Crippen LogP contribution in [0.15, 0.2) is 35.3 Å². The van der Waals surface area contributed by atoms with Crippen molar-refractivity contribution >= 4 is 16.0 Å². The lowest BCUT2D eigenvalue weighted by Crippen LogP contribution is -2.51. The molecule has 7 nitrogen and oxygen atoms in total. The number of halogens is 3. The lowest BCUT2D eigenvalue weighted by molar-refractivity contribution is -0.0494. The van der Waals surface area contributed by atoms with Crippen LogP contribution in [0.4, 0.5) is 13.2 Å². The topological polar surface area (TPSA) is 77.0 Å². The largest absolute Gasteiger partial charge is 0.511 e. The number of sulfonamides is 1. The van der Waals surface area contributed by atoms with Gasteiger partial charge >= 0.3 is 15.5 Å². The summed E-state index contributed by atoms with van der Waals surface area (Å²) in [6, 6.07) is 10.1. The van der Waals surface area contributed by atoms with E-state index in [9.17, 15) is 21.6 Å². The monoisotopic (exact) mass is 449 g/mol. The molecule has 0 saturated carbocycles. The van der Waals surface area contributed by atoms with Crippen LogP contribution in [0.25, 0.3) is 0 Å². The van der Waals surface area contributed by atoms with Gasteiger partial charge < -0.3 is 15.5 Å². The summed E-state index contributed by atoms with van der Waals surface area (Å²) in [5, 5.41) is 6.37. The molecule has 170 valence electrons. The van der Waals surface area contributed by atoms with Crippen molar-refractivity contribution in [3.05, 3.63) is 35.9 Å². The SMILES string of the molecule is CN=C(NCCCN(C)Cc1ccccc1)NC1CCN(S(=O)(=O)C(F)(F)F)CC1. The molecule has 1 aliphatic heterocycles. The normalized spacial score (nSPS) is 17.3. The van der Waals surface area contributed by atoms with Crippen LogP contribution in [0.5, 0.6) is 0 Å². The third kappa shape index (κ3) is 7.13. The van der Waals surface area contributed by atoms with Crippen LogP contribution in [0, 0.1) is 0 Å². The first-order valence-corrected chi connectivity index (χ1v) is 11.3. The highest BCUT2D eigenvalue weighted by Gasteiger charge is 2.50. The van der Waals surface area contributed by atoms with Gasteiger partial charge in [0.25, 0.3) is 0 Å². The van der Waals surface area contributed by atoms with Crippen LogP contribution in [-0.2, 0) is 16.6 Å². The second-order valence-corrected chi connectivity index (χ2v) is 9.27. The van der Waals surface area contributed by atoms with E-state index >= 15 is 0 Å². The first-order valence-electron chi connectivity index (χ1n) is 9.89. The highest BCUT2D eigenvalue weighted by molar-refractivity contribution is 7.90. The Morgan fingerprint density at radius 2 is 1.87 bits per heavy atom. The van der Waals surface area contributed by atoms with Gasteiger partial charge in [0, 0.05) is 39.3 Å². The highest BCUT2D eigenvalue weighted by Crippen LogP contribution is 2.28. The predicted molar refractivity (Wildman–Crippen MR) is 111 cm³/mol. The molecule has 0 radical (unpaired) electrons. The Hall–Kier alpha value is -1.85. The van der Waals surface area contributed by atoms with Crippen LogP contribution in [0.2, 0.25) is 0 Å². The molecule has 11 heteroatoms. The fraction of sp³-hybridized carbons (Fsp3) is 0.632. The summed E-state index contributed by atoms with van der Waals surface area (Å²) in [5.41, 5.74) is -4.00. The summed E-state index contributed by atoms with van der Waals surface area (Å²) in [7, 11) is -1.57. The van der Waals surface area contributed by atoms with Crippen molar-refractivity contribution in [2.45, 2.75) is 37.4 Å². The van der Waals surface area contributed by atoms with Gasteiger partial charge in [0.15, 0.2) is 5.96 Å². The summed E-state index contributed by atoms with van der Waals surface area (Å²) >= 11 is 0. The first-order chi connectivity index (χ1) is 14.1. The standard InChI is InChI=1S/C19H30F3N5O2S/c1-23-18(24-11-6-12-26(2)15-16-7-4-3-5-8-16)25-17-9-13-27(14-10-17)30(28,29)19(20,21)22/h3-5,7-8,17H,6,9-15H2,1-2H3,(H2,23,24,25). The fourth-order valence-corrected chi connectivity index (χ4v) is 4.29. The number of nitrogens with zero attached hydrogens (tertiary/aromatic N) is 3. The lowest BCUT2D eigenvalue weighted by Gasteiger charge is -2.32. The highest BCUT2D eigenvalue weighted by atomic mass is 32.2. The molecule has 0 atom stereocenters. The summed E-state index contributed by atoms with van der Waals surface area (Å²) in [6.45, 7) is 2.13. The Morgan fingerprint density at radius 1 is 1.23 bits per heavy atom. The second-order valence-electron chi connectivity index (χ2n) is 7.34. The number of benzene rings is 1. The minimum absolute atomic E-state index is 0.128. The maximum absolute atomic E-state index is 12.7. The van der Waals surface area contributed by atoms with Gasteiger partial charge in [-0.1, -0.05) is 30.3 Å². The van der Waals surface area contributed by atoms with Gasteiger partial charge in [-0.2, -0.15) is 17.5 Å². The molecule has 0 spiro atoms. The van der Waals surface area contributed by atoms with Crippen LogP contribution in [0.3, 0.4) is 0 Å². The molecule has 1 saturated heterocycles. The number of guanidine groups is 1. The molecular weight excluding hydrogens is 419 g/mol. The number of aliphatic imine (C=N–C) groups is 1. The Morgan fingerprint density at radius 3 is 2.43 bits per heavy atom. The molecule has 1 heterocycles. The quantitative estimate of drug-likeness (QED) is 0.361. The van der Waals surface area contributed by atoms with Crippen molar-refractivity contribution in [2.75, 3.05) is 40.3 Å². The zero-order chi connectivity index (χ0) is 22.2. The smallest absolute Gasteiger partial charge is 0.356 e. The van der Waals surface area contributed by atoms with Gasteiger partial charge in [0.1, 0.15) is 0 Å². The predicted octanol–water partition coefficient (Wildman–Crippen LogP) is 1.99. The number of hydrogen-bond donors (Lipinski definition) is 2. The van der Waals surface area contributed by atoms with Crippen LogP contribution in [0.1, 0.15) is 24.8 Å². The fourth-order valence-electron chi connectivity index (χ4n) is 3.30. The van der Waals surface area contributed by atoms with Crippen LogP contribution < -0.4 is 10.6 Å². The van der Waals surface area contributed by atoms with Crippen molar-refractivity contribution in [3.8, 4) is 0 Å². The van der Waals surface area contributed by atoms with E-state index in [-0.39, 0.29) is 32.0 Å². The Labute approximate surface area is 176 Å². The van der Waals surface area contributed by atoms with E-state index in [1.807, 2.05) is 18.2 Å². The third-order valence-corrected chi connectivity index (χ3v) is 6.59. The zero-order valence-corrected chi connectivity index (χ0v) is 18.1. The molecule has 2 rings (SSSR count). The van der Waals surface area contributed by atoms with Gasteiger partial charge in [-0.25, -0.2) is 8.42 Å². The molecule has 0 bridgehead atoms. The van der Waals surface area contributed by atoms with Crippen LogP contribution in [-0.4, -0.2) is 75.4 Å². The lowest BCUT2D eigenvalue weighted by atomic mass is 10.1. The van der Waals surface area contributed by atoms with Gasteiger partial charge in [-0.15, -0.1) is 0 Å². The molecule has 1 aromatic rings. The van der Waals surface area contributed by atoms with Crippen molar-refractivity contribution in [1.29, 1.82) is 0 Å². The average Bonchev–Trinajstić information content (AvgIpc) is 2.70. The molecule has 1 aliphatic rings. The summed E-state index contributed by atoms with van der Waals surface area (Å²) in [4.78, 5) is 6.37. The van der Waals surface area contributed by atoms with E-state index in [1.165, 1.54) is 5.56 Å².